The van der Waals surface area contributed by atoms with Crippen LogP contribution >= 0.6 is 39.1 Å². The minimum atomic E-state index is -3.99. The van der Waals surface area contributed by atoms with Gasteiger partial charge < -0.3 is 0 Å². The van der Waals surface area contributed by atoms with Crippen LogP contribution in [0.15, 0.2) is 33.9 Å². The first-order valence-electron chi connectivity index (χ1n) is 4.71. The van der Waals surface area contributed by atoms with Crippen LogP contribution in [-0.4, -0.2) is 23.6 Å². The minimum Gasteiger partial charge on any atom is -0.246 e. The summed E-state index contributed by atoms with van der Waals surface area (Å²) in [4.78, 5) is 3.46. The normalized spacial score (nSPS) is 11.3. The zero-order valence-corrected chi connectivity index (χ0v) is 12.9. The zero-order chi connectivity index (χ0) is 14.0. The van der Waals surface area contributed by atoms with Gasteiger partial charge in [-0.15, -0.1) is 5.10 Å². The van der Waals surface area contributed by atoms with Gasteiger partial charge in [0, 0.05) is 4.47 Å². The van der Waals surface area contributed by atoms with Crippen molar-refractivity contribution in [2.45, 2.75) is 4.90 Å². The number of hydrogen-bond donors (Lipinski definition) is 1. The molecule has 10 heteroatoms. The van der Waals surface area contributed by atoms with E-state index < -0.39 is 10.0 Å². The second-order valence-electron chi connectivity index (χ2n) is 3.27. The average molecular weight is 384 g/mol. The van der Waals surface area contributed by atoms with Gasteiger partial charge in [0.1, 0.15) is 4.90 Å². The summed E-state index contributed by atoms with van der Waals surface area (Å²) in [5, 5.41) is 6.99. The van der Waals surface area contributed by atoms with Gasteiger partial charge in [-0.05, 0) is 12.1 Å². The summed E-state index contributed by atoms with van der Waals surface area (Å²) < 4.78 is 27.0. The van der Waals surface area contributed by atoms with E-state index in [-0.39, 0.29) is 20.9 Å². The van der Waals surface area contributed by atoms with Gasteiger partial charge in [-0.2, -0.15) is 5.10 Å². The third-order valence-electron chi connectivity index (χ3n) is 1.94. The molecule has 0 aliphatic carbocycles. The molecule has 0 saturated carbocycles. The third-order valence-corrected chi connectivity index (χ3v) is 4.65. The van der Waals surface area contributed by atoms with E-state index in [2.05, 4.69) is 35.8 Å². The molecule has 0 bridgehead atoms. The fraction of sp³-hybridized carbons (Fsp3) is 0. The largest absolute Gasteiger partial charge is 0.267 e. The van der Waals surface area contributed by atoms with Crippen molar-refractivity contribution in [2.75, 3.05) is 4.72 Å². The highest BCUT2D eigenvalue weighted by atomic mass is 79.9. The molecule has 0 radical (unpaired) electrons. The highest BCUT2D eigenvalue weighted by Gasteiger charge is 2.23. The molecule has 6 nitrogen and oxygen atoms in total. The second kappa shape index (κ2) is 5.58. The van der Waals surface area contributed by atoms with Crippen LogP contribution in [0, 0.1) is 0 Å². The monoisotopic (exact) mass is 382 g/mol. The molecule has 0 aliphatic heterocycles. The van der Waals surface area contributed by atoms with Gasteiger partial charge in [-0.3, -0.25) is 0 Å². The van der Waals surface area contributed by atoms with E-state index in [4.69, 9.17) is 23.2 Å². The predicted molar refractivity (Wildman–Crippen MR) is 74.8 cm³/mol. The van der Waals surface area contributed by atoms with Crippen LogP contribution in [0.2, 0.25) is 10.0 Å². The van der Waals surface area contributed by atoms with E-state index >= 15 is 0 Å². The van der Waals surface area contributed by atoms with Crippen LogP contribution in [0.1, 0.15) is 0 Å². The minimum absolute atomic E-state index is 0.0178. The highest BCUT2D eigenvalue weighted by Crippen LogP contribution is 2.33. The van der Waals surface area contributed by atoms with Crippen LogP contribution in [0.4, 0.5) is 5.95 Å². The van der Waals surface area contributed by atoms with Gasteiger partial charge in [0.05, 0.1) is 22.4 Å². The Labute approximate surface area is 127 Å². The number of aromatic nitrogens is 3. The molecule has 0 aliphatic rings. The van der Waals surface area contributed by atoms with Crippen LogP contribution in [0.5, 0.6) is 0 Å². The van der Waals surface area contributed by atoms with Crippen molar-refractivity contribution >= 4 is 55.1 Å². The van der Waals surface area contributed by atoms with E-state index in [1.54, 1.807) is 0 Å². The average Bonchev–Trinajstić information content (AvgIpc) is 2.27. The molecule has 0 unspecified atom stereocenters. The number of nitrogens with zero attached hydrogens (tertiary/aromatic N) is 3. The topological polar surface area (TPSA) is 84.8 Å². The summed E-state index contributed by atoms with van der Waals surface area (Å²) in [5.41, 5.74) is 0. The molecular formula is C9H5BrCl2N4O2S. The summed E-state index contributed by atoms with van der Waals surface area (Å²) in [6.07, 6.45) is 2.62. The maximum Gasteiger partial charge on any atom is 0.267 e. The molecule has 1 aromatic heterocycles. The Hall–Kier alpha value is -0.960. The lowest BCUT2D eigenvalue weighted by molar-refractivity contribution is 0.600. The predicted octanol–water partition coefficient (Wildman–Crippen LogP) is 2.74. The number of rotatable bonds is 3. The van der Waals surface area contributed by atoms with Gasteiger partial charge in [0.15, 0.2) is 0 Å². The summed E-state index contributed by atoms with van der Waals surface area (Å²) in [6.45, 7) is 0. The number of anilines is 1. The Kier molecular flexibility index (Phi) is 4.24. The Morgan fingerprint density at radius 2 is 1.79 bits per heavy atom. The van der Waals surface area contributed by atoms with Crippen molar-refractivity contribution in [3.05, 3.63) is 39.0 Å². The van der Waals surface area contributed by atoms with E-state index in [0.29, 0.717) is 4.47 Å². The Morgan fingerprint density at radius 1 is 1.16 bits per heavy atom. The smallest absolute Gasteiger partial charge is 0.246 e. The van der Waals surface area contributed by atoms with Crippen molar-refractivity contribution in [3.8, 4) is 0 Å². The summed E-state index contributed by atoms with van der Waals surface area (Å²) >= 11 is 15.0. The van der Waals surface area contributed by atoms with Crippen molar-refractivity contribution in [1.29, 1.82) is 0 Å². The molecule has 1 aromatic carbocycles. The van der Waals surface area contributed by atoms with Crippen molar-refractivity contribution in [1.82, 2.24) is 15.2 Å². The quantitative estimate of drug-likeness (QED) is 0.880. The number of benzene rings is 1. The number of nitrogens with one attached hydrogen (secondary N) is 1. The molecule has 19 heavy (non-hydrogen) atoms. The first kappa shape index (κ1) is 14.4. The SMILES string of the molecule is O=S(=O)(Nc1nccnn1)c1c(Cl)cc(Br)cc1Cl. The standard InChI is InChI=1S/C9H5BrCl2N4O2S/c10-5-3-6(11)8(7(12)4-5)19(17,18)16-9-13-1-2-14-15-9/h1-4H,(H,13,15,16). The van der Waals surface area contributed by atoms with E-state index in [9.17, 15) is 8.42 Å². The van der Waals surface area contributed by atoms with Crippen LogP contribution in [0.3, 0.4) is 0 Å². The molecule has 2 rings (SSSR count). The molecule has 0 amide bonds. The van der Waals surface area contributed by atoms with Gasteiger partial charge in [-0.25, -0.2) is 18.1 Å². The summed E-state index contributed by atoms with van der Waals surface area (Å²) in [5.74, 6) is -0.169. The fourth-order valence-electron chi connectivity index (χ4n) is 1.25. The number of hydrogen-bond acceptors (Lipinski definition) is 5. The maximum atomic E-state index is 12.2. The lowest BCUT2D eigenvalue weighted by Gasteiger charge is -2.09. The first-order chi connectivity index (χ1) is 8.90. The zero-order valence-electron chi connectivity index (χ0n) is 9.01. The van der Waals surface area contributed by atoms with Crippen LogP contribution in [-0.2, 0) is 10.0 Å². The van der Waals surface area contributed by atoms with Gasteiger partial charge in [0.25, 0.3) is 16.0 Å². The van der Waals surface area contributed by atoms with Crippen molar-refractivity contribution < 1.29 is 8.42 Å². The maximum absolute atomic E-state index is 12.2. The number of halogens is 3. The molecular weight excluding hydrogens is 379 g/mol. The lowest BCUT2D eigenvalue weighted by atomic mass is 10.4. The lowest BCUT2D eigenvalue weighted by Crippen LogP contribution is -2.16. The molecule has 1 heterocycles. The van der Waals surface area contributed by atoms with Gasteiger partial charge >= 0.3 is 0 Å². The Morgan fingerprint density at radius 3 is 2.32 bits per heavy atom. The molecule has 0 fully saturated rings. The molecule has 0 atom stereocenters. The van der Waals surface area contributed by atoms with Gasteiger partial charge in [-0.1, -0.05) is 39.1 Å². The van der Waals surface area contributed by atoms with E-state index in [1.165, 1.54) is 24.5 Å². The first-order valence-corrected chi connectivity index (χ1v) is 7.74. The third kappa shape index (κ3) is 3.33. The van der Waals surface area contributed by atoms with Crippen LogP contribution in [0.25, 0.3) is 0 Å². The van der Waals surface area contributed by atoms with Gasteiger partial charge in [0.2, 0.25) is 0 Å². The highest BCUT2D eigenvalue weighted by molar-refractivity contribution is 9.10. The van der Waals surface area contributed by atoms with E-state index in [1.807, 2.05) is 0 Å². The summed E-state index contributed by atoms with van der Waals surface area (Å²) in [7, 11) is -3.99. The van der Waals surface area contributed by atoms with Crippen molar-refractivity contribution in [2.24, 2.45) is 0 Å². The molecule has 100 valence electrons. The van der Waals surface area contributed by atoms with Crippen molar-refractivity contribution in [3.63, 3.8) is 0 Å². The molecule has 0 saturated heterocycles. The molecule has 2 aromatic rings. The second-order valence-corrected chi connectivity index (χ2v) is 6.62. The Balaban J connectivity index is 2.46. The number of sulfonamides is 1. The Bertz CT molecular complexity index is 688. The fourth-order valence-corrected chi connectivity index (χ4v) is 4.14. The summed E-state index contributed by atoms with van der Waals surface area (Å²) in [6, 6.07) is 2.85. The van der Waals surface area contributed by atoms with Crippen LogP contribution < -0.4 is 4.72 Å². The molecule has 1 N–H and O–H groups in total. The molecule has 0 spiro atoms. The van der Waals surface area contributed by atoms with E-state index in [0.717, 1.165) is 0 Å².